The first kappa shape index (κ1) is 14.3. The third-order valence-corrected chi connectivity index (χ3v) is 2.96. The van der Waals surface area contributed by atoms with Crippen molar-refractivity contribution >= 4 is 6.29 Å². The summed E-state index contributed by atoms with van der Waals surface area (Å²) in [4.78, 5) is 15.5. The number of pyridine rings is 1. The molecule has 3 nitrogen and oxygen atoms in total. The Kier molecular flexibility index (Phi) is 4.51. The molecule has 1 aromatic heterocycles. The van der Waals surface area contributed by atoms with Crippen LogP contribution in [0.2, 0.25) is 0 Å². The van der Waals surface area contributed by atoms with Crippen molar-refractivity contribution in [3.05, 3.63) is 47.8 Å². The summed E-state index contributed by atoms with van der Waals surface area (Å²) >= 11 is 0. The zero-order valence-electron chi connectivity index (χ0n) is 12.1. The zero-order valence-corrected chi connectivity index (χ0v) is 12.1. The molecule has 0 saturated carbocycles. The summed E-state index contributed by atoms with van der Waals surface area (Å²) in [6, 6.07) is 9.43. The van der Waals surface area contributed by atoms with Crippen LogP contribution in [-0.2, 0) is 0 Å². The molecule has 0 radical (unpaired) electrons. The molecule has 0 aliphatic heterocycles. The normalized spacial score (nSPS) is 10.6. The molecular weight excluding hydrogens is 250 g/mol. The molecular formula is C17H19NO2. The van der Waals surface area contributed by atoms with E-state index in [9.17, 15) is 4.79 Å². The van der Waals surface area contributed by atoms with E-state index in [1.165, 1.54) is 0 Å². The molecule has 0 saturated heterocycles. The van der Waals surface area contributed by atoms with E-state index in [1.54, 1.807) is 12.3 Å². The second-order valence-electron chi connectivity index (χ2n) is 5.26. The van der Waals surface area contributed by atoms with E-state index < -0.39 is 0 Å². The largest absolute Gasteiger partial charge is 0.493 e. The van der Waals surface area contributed by atoms with Gasteiger partial charge in [-0.05, 0) is 42.7 Å². The van der Waals surface area contributed by atoms with Crippen molar-refractivity contribution in [3.8, 4) is 16.9 Å². The molecule has 3 heteroatoms. The predicted octanol–water partition coefficient (Wildman–Crippen LogP) is 3.90. The highest BCUT2D eigenvalue weighted by Crippen LogP contribution is 2.27. The number of ether oxygens (including phenoxy) is 1. The van der Waals surface area contributed by atoms with Gasteiger partial charge in [0.15, 0.2) is 6.29 Å². The molecule has 0 unspecified atom stereocenters. The average Bonchev–Trinajstić information content (AvgIpc) is 2.45. The lowest BCUT2D eigenvalue weighted by Crippen LogP contribution is -2.04. The molecule has 0 bridgehead atoms. The van der Waals surface area contributed by atoms with Crippen LogP contribution in [0, 0.1) is 12.8 Å². The number of carbonyl (C=O) groups is 1. The van der Waals surface area contributed by atoms with Crippen LogP contribution in [0.4, 0.5) is 0 Å². The van der Waals surface area contributed by atoms with Crippen LogP contribution in [0.3, 0.4) is 0 Å². The van der Waals surface area contributed by atoms with E-state index in [1.807, 2.05) is 31.2 Å². The van der Waals surface area contributed by atoms with E-state index in [0.717, 1.165) is 28.9 Å². The van der Waals surface area contributed by atoms with Gasteiger partial charge in [-0.25, -0.2) is 0 Å². The first-order valence-electron chi connectivity index (χ1n) is 6.75. The second-order valence-corrected chi connectivity index (χ2v) is 5.26. The lowest BCUT2D eigenvalue weighted by molar-refractivity contribution is 0.112. The maximum absolute atomic E-state index is 11.2. The molecule has 2 aromatic rings. The van der Waals surface area contributed by atoms with Crippen molar-refractivity contribution in [1.82, 2.24) is 4.98 Å². The van der Waals surface area contributed by atoms with Gasteiger partial charge >= 0.3 is 0 Å². The lowest BCUT2D eigenvalue weighted by Gasteiger charge is -2.11. The van der Waals surface area contributed by atoms with E-state index >= 15 is 0 Å². The molecule has 0 spiro atoms. The zero-order chi connectivity index (χ0) is 14.5. The van der Waals surface area contributed by atoms with Crippen LogP contribution < -0.4 is 4.74 Å². The van der Waals surface area contributed by atoms with E-state index in [4.69, 9.17) is 4.74 Å². The molecule has 0 atom stereocenters. The van der Waals surface area contributed by atoms with Crippen molar-refractivity contribution in [2.75, 3.05) is 6.61 Å². The second kappa shape index (κ2) is 6.33. The molecule has 1 heterocycles. The number of hydrogen-bond donors (Lipinski definition) is 0. The molecule has 104 valence electrons. The highest BCUT2D eigenvalue weighted by Gasteiger charge is 2.07. The van der Waals surface area contributed by atoms with Gasteiger partial charge in [0.25, 0.3) is 0 Å². The minimum Gasteiger partial charge on any atom is -0.493 e. The molecule has 0 N–H and O–H groups in total. The Morgan fingerprint density at radius 2 is 2.05 bits per heavy atom. The molecule has 0 fully saturated rings. The van der Waals surface area contributed by atoms with E-state index in [2.05, 4.69) is 18.8 Å². The van der Waals surface area contributed by atoms with Gasteiger partial charge in [-0.1, -0.05) is 19.9 Å². The summed E-state index contributed by atoms with van der Waals surface area (Å²) in [5, 5.41) is 0. The van der Waals surface area contributed by atoms with Gasteiger partial charge in [0, 0.05) is 23.0 Å². The summed E-state index contributed by atoms with van der Waals surface area (Å²) in [5.41, 5.74) is 3.38. The number of benzene rings is 1. The Morgan fingerprint density at radius 3 is 2.65 bits per heavy atom. The number of aromatic nitrogens is 1. The maximum Gasteiger partial charge on any atom is 0.150 e. The number of nitrogens with zero attached hydrogens (tertiary/aromatic N) is 1. The van der Waals surface area contributed by atoms with E-state index in [0.29, 0.717) is 18.1 Å². The number of carbonyl (C=O) groups excluding carboxylic acids is 1. The fraction of sp³-hybridized carbons (Fsp3) is 0.294. The SMILES string of the molecule is Cc1ccc(-c2cc(OCC(C)C)ccc2C=O)cn1. The molecule has 0 amide bonds. The van der Waals surface area contributed by atoms with Crippen LogP contribution in [-0.4, -0.2) is 17.9 Å². The minimum absolute atomic E-state index is 0.463. The van der Waals surface area contributed by atoms with Gasteiger partial charge < -0.3 is 4.74 Å². The van der Waals surface area contributed by atoms with Crippen LogP contribution in [0.5, 0.6) is 5.75 Å². The highest BCUT2D eigenvalue weighted by atomic mass is 16.5. The quantitative estimate of drug-likeness (QED) is 0.773. The predicted molar refractivity (Wildman–Crippen MR) is 80.1 cm³/mol. The Bertz CT molecular complexity index is 588. The summed E-state index contributed by atoms with van der Waals surface area (Å²) < 4.78 is 5.72. The molecule has 0 aliphatic carbocycles. The molecule has 20 heavy (non-hydrogen) atoms. The number of aldehydes is 1. The summed E-state index contributed by atoms with van der Waals surface area (Å²) in [7, 11) is 0. The summed E-state index contributed by atoms with van der Waals surface area (Å²) in [6.45, 7) is 6.80. The van der Waals surface area contributed by atoms with Crippen LogP contribution in [0.1, 0.15) is 29.9 Å². The Hall–Kier alpha value is -2.16. The summed E-state index contributed by atoms with van der Waals surface area (Å²) in [6.07, 6.45) is 2.64. The van der Waals surface area contributed by atoms with Crippen LogP contribution >= 0.6 is 0 Å². The molecule has 0 aliphatic rings. The third-order valence-electron chi connectivity index (χ3n) is 2.96. The van der Waals surface area contributed by atoms with Crippen molar-refractivity contribution < 1.29 is 9.53 Å². The Morgan fingerprint density at radius 1 is 1.25 bits per heavy atom. The smallest absolute Gasteiger partial charge is 0.150 e. The van der Waals surface area contributed by atoms with Crippen molar-refractivity contribution in [2.24, 2.45) is 5.92 Å². The van der Waals surface area contributed by atoms with Gasteiger partial charge in [0.05, 0.1) is 6.61 Å². The van der Waals surface area contributed by atoms with Gasteiger partial charge in [0.1, 0.15) is 5.75 Å². The Labute approximate surface area is 119 Å². The number of rotatable bonds is 5. The highest BCUT2D eigenvalue weighted by molar-refractivity contribution is 5.88. The first-order chi connectivity index (χ1) is 9.60. The van der Waals surface area contributed by atoms with E-state index in [-0.39, 0.29) is 0 Å². The van der Waals surface area contributed by atoms with Crippen LogP contribution in [0.25, 0.3) is 11.1 Å². The van der Waals surface area contributed by atoms with Gasteiger partial charge in [0.2, 0.25) is 0 Å². The van der Waals surface area contributed by atoms with Gasteiger partial charge in [-0.2, -0.15) is 0 Å². The summed E-state index contributed by atoms with van der Waals surface area (Å²) in [5.74, 6) is 1.24. The fourth-order valence-corrected chi connectivity index (χ4v) is 1.87. The molecule has 2 rings (SSSR count). The first-order valence-corrected chi connectivity index (χ1v) is 6.75. The number of aryl methyl sites for hydroxylation is 1. The fourth-order valence-electron chi connectivity index (χ4n) is 1.87. The third kappa shape index (κ3) is 3.44. The number of hydrogen-bond acceptors (Lipinski definition) is 3. The average molecular weight is 269 g/mol. The minimum atomic E-state index is 0.463. The topological polar surface area (TPSA) is 39.2 Å². The van der Waals surface area contributed by atoms with Gasteiger partial charge in [-0.15, -0.1) is 0 Å². The van der Waals surface area contributed by atoms with Crippen LogP contribution in [0.15, 0.2) is 36.5 Å². The Balaban J connectivity index is 2.36. The lowest BCUT2D eigenvalue weighted by atomic mass is 10.0. The molecule has 1 aromatic carbocycles. The van der Waals surface area contributed by atoms with Crippen molar-refractivity contribution in [3.63, 3.8) is 0 Å². The van der Waals surface area contributed by atoms with Crippen molar-refractivity contribution in [1.29, 1.82) is 0 Å². The van der Waals surface area contributed by atoms with Gasteiger partial charge in [-0.3, -0.25) is 9.78 Å². The monoisotopic (exact) mass is 269 g/mol. The maximum atomic E-state index is 11.2. The van der Waals surface area contributed by atoms with Crippen molar-refractivity contribution in [2.45, 2.75) is 20.8 Å². The standard InChI is InChI=1S/C17H19NO2/c1-12(2)11-20-16-7-6-15(10-19)17(8-16)14-5-4-13(3)18-9-14/h4-10,12H,11H2,1-3H3.